The number of likely N-dealkylation sites (N-methyl/N-ethyl adjacent to an activating group) is 1. The lowest BCUT2D eigenvalue weighted by Crippen LogP contribution is -2.40. The van der Waals surface area contributed by atoms with Crippen LogP contribution >= 0.6 is 11.8 Å². The van der Waals surface area contributed by atoms with Gasteiger partial charge in [0.2, 0.25) is 10.0 Å². The molecule has 1 unspecified atom stereocenters. The van der Waals surface area contributed by atoms with Gasteiger partial charge in [0, 0.05) is 36.3 Å². The van der Waals surface area contributed by atoms with E-state index in [1.54, 1.807) is 26.1 Å². The molecule has 1 heterocycles. The highest BCUT2D eigenvalue weighted by atomic mass is 32.2. The molecule has 0 amide bonds. The van der Waals surface area contributed by atoms with Gasteiger partial charge < -0.3 is 9.64 Å². The van der Waals surface area contributed by atoms with E-state index in [1.165, 1.54) is 22.1 Å². The van der Waals surface area contributed by atoms with Crippen LogP contribution in [0.2, 0.25) is 0 Å². The van der Waals surface area contributed by atoms with Crippen molar-refractivity contribution in [2.45, 2.75) is 48.9 Å². The van der Waals surface area contributed by atoms with Crippen LogP contribution in [-0.2, 0) is 19.6 Å². The summed E-state index contributed by atoms with van der Waals surface area (Å²) in [5, 5.41) is 0. The number of carbonyl (C=O) groups is 1. The Bertz CT molecular complexity index is 1100. The number of sulfonamides is 1. The predicted molar refractivity (Wildman–Crippen MR) is 136 cm³/mol. The molecule has 0 radical (unpaired) electrons. The van der Waals surface area contributed by atoms with Crippen LogP contribution in [0.4, 0.5) is 11.4 Å². The second kappa shape index (κ2) is 11.2. The van der Waals surface area contributed by atoms with E-state index >= 15 is 0 Å². The van der Waals surface area contributed by atoms with Crippen molar-refractivity contribution in [3.05, 3.63) is 54.1 Å². The zero-order valence-electron chi connectivity index (χ0n) is 19.7. The highest BCUT2D eigenvalue weighted by Crippen LogP contribution is 2.41. The topological polar surface area (TPSA) is 66.9 Å². The molecule has 0 saturated carbocycles. The quantitative estimate of drug-likeness (QED) is 0.285. The van der Waals surface area contributed by atoms with Crippen LogP contribution in [0.1, 0.15) is 38.7 Å². The molecule has 0 saturated heterocycles. The number of esters is 1. The third-order valence-corrected chi connectivity index (χ3v) is 8.54. The lowest BCUT2D eigenvalue weighted by Gasteiger charge is -2.29. The molecule has 33 heavy (non-hydrogen) atoms. The maximum absolute atomic E-state index is 13.7. The number of para-hydroxylation sites is 1. The predicted octanol–water partition coefficient (Wildman–Crippen LogP) is 5.32. The van der Waals surface area contributed by atoms with Crippen molar-refractivity contribution in [2.24, 2.45) is 0 Å². The minimum atomic E-state index is -3.74. The second-order valence-electron chi connectivity index (χ2n) is 7.91. The van der Waals surface area contributed by atoms with E-state index in [9.17, 15) is 13.2 Å². The highest BCUT2D eigenvalue weighted by molar-refractivity contribution is 7.98. The van der Waals surface area contributed by atoms with E-state index in [2.05, 4.69) is 11.8 Å². The molecule has 3 rings (SSSR count). The SMILES string of the molecule is CCCCC1CN(c2ccccc2)c2cc(SC)c(/C=C/C(=O)OCC)cc2S(=O)(=O)N1C. The summed E-state index contributed by atoms with van der Waals surface area (Å²) >= 11 is 1.51. The van der Waals surface area contributed by atoms with E-state index in [-0.39, 0.29) is 17.5 Å². The van der Waals surface area contributed by atoms with Crippen molar-refractivity contribution < 1.29 is 17.9 Å². The van der Waals surface area contributed by atoms with Crippen molar-refractivity contribution >= 4 is 45.2 Å². The molecule has 1 aliphatic heterocycles. The van der Waals surface area contributed by atoms with Crippen LogP contribution in [0.15, 0.2) is 58.3 Å². The second-order valence-corrected chi connectivity index (χ2v) is 10.7. The molecule has 6 nitrogen and oxygen atoms in total. The summed E-state index contributed by atoms with van der Waals surface area (Å²) in [7, 11) is -2.07. The normalized spacial score (nSPS) is 18.2. The first-order valence-electron chi connectivity index (χ1n) is 11.2. The Morgan fingerprint density at radius 1 is 1.21 bits per heavy atom. The zero-order valence-corrected chi connectivity index (χ0v) is 21.3. The highest BCUT2D eigenvalue weighted by Gasteiger charge is 2.37. The number of hydrogen-bond acceptors (Lipinski definition) is 6. The number of thioether (sulfide) groups is 1. The molecule has 178 valence electrons. The third-order valence-electron chi connectivity index (χ3n) is 5.81. The number of anilines is 2. The Kier molecular flexibility index (Phi) is 8.62. The number of fused-ring (bicyclic) bond motifs is 1. The Hall–Kier alpha value is -2.29. The van der Waals surface area contributed by atoms with Crippen LogP contribution in [0.25, 0.3) is 6.08 Å². The molecule has 2 aromatic carbocycles. The lowest BCUT2D eigenvalue weighted by molar-refractivity contribution is -0.137. The standard InChI is InChI=1S/C25H32N2O4S2/c1-5-7-11-21-18-27(20-12-9-8-10-13-20)22-17-23(32-4)19(14-15-25(28)31-6-2)16-24(22)33(29,30)26(21)3/h8-10,12-17,21H,5-7,11,18H2,1-4H3/b15-14+. The van der Waals surface area contributed by atoms with Gasteiger partial charge in [-0.05, 0) is 55.5 Å². The maximum atomic E-state index is 13.7. The van der Waals surface area contributed by atoms with E-state index in [0.29, 0.717) is 17.8 Å². The molecule has 0 spiro atoms. The van der Waals surface area contributed by atoms with Gasteiger partial charge >= 0.3 is 5.97 Å². The minimum absolute atomic E-state index is 0.154. The van der Waals surface area contributed by atoms with Gasteiger partial charge in [-0.25, -0.2) is 13.2 Å². The first kappa shape index (κ1) is 25.3. The summed E-state index contributed by atoms with van der Waals surface area (Å²) in [6.45, 7) is 4.71. The van der Waals surface area contributed by atoms with Crippen LogP contribution in [0.5, 0.6) is 0 Å². The molecule has 0 N–H and O–H groups in total. The number of benzene rings is 2. The Balaban J connectivity index is 2.20. The van der Waals surface area contributed by atoms with Gasteiger partial charge in [0.05, 0.1) is 12.3 Å². The van der Waals surface area contributed by atoms with Crippen molar-refractivity contribution in [3.8, 4) is 0 Å². The van der Waals surface area contributed by atoms with Crippen LogP contribution < -0.4 is 4.90 Å². The average Bonchev–Trinajstić information content (AvgIpc) is 2.89. The van der Waals surface area contributed by atoms with E-state index in [4.69, 9.17) is 4.74 Å². The van der Waals surface area contributed by atoms with Gasteiger partial charge in [-0.3, -0.25) is 0 Å². The molecule has 0 aliphatic carbocycles. The Morgan fingerprint density at radius 2 is 1.94 bits per heavy atom. The summed E-state index contributed by atoms with van der Waals surface area (Å²) in [5.74, 6) is -0.454. The van der Waals surface area contributed by atoms with Gasteiger partial charge in [0.1, 0.15) is 4.90 Å². The first-order chi connectivity index (χ1) is 15.8. The molecule has 1 atom stereocenters. The fourth-order valence-electron chi connectivity index (χ4n) is 3.98. The molecule has 0 aromatic heterocycles. The number of hydrogen-bond donors (Lipinski definition) is 0. The number of nitrogens with zero attached hydrogens (tertiary/aromatic N) is 2. The molecule has 0 fully saturated rings. The largest absolute Gasteiger partial charge is 0.463 e. The van der Waals surface area contributed by atoms with E-state index < -0.39 is 16.0 Å². The zero-order chi connectivity index (χ0) is 24.0. The summed E-state index contributed by atoms with van der Waals surface area (Å²) in [6, 6.07) is 13.3. The van der Waals surface area contributed by atoms with Gasteiger partial charge in [-0.1, -0.05) is 38.0 Å². The molecular formula is C25H32N2O4S2. The third kappa shape index (κ3) is 5.62. The van der Waals surface area contributed by atoms with Gasteiger partial charge in [0.25, 0.3) is 0 Å². The molecular weight excluding hydrogens is 456 g/mol. The number of unbranched alkanes of at least 4 members (excludes halogenated alkanes) is 1. The van der Waals surface area contributed by atoms with E-state index in [1.807, 2.05) is 42.7 Å². The van der Waals surface area contributed by atoms with Crippen molar-refractivity contribution in [1.29, 1.82) is 0 Å². The Morgan fingerprint density at radius 3 is 2.58 bits per heavy atom. The van der Waals surface area contributed by atoms with Crippen LogP contribution in [-0.4, -0.2) is 51.2 Å². The van der Waals surface area contributed by atoms with Crippen molar-refractivity contribution in [2.75, 3.05) is 31.4 Å². The fourth-order valence-corrected chi connectivity index (χ4v) is 6.15. The molecule has 8 heteroatoms. The van der Waals surface area contributed by atoms with Crippen LogP contribution in [0.3, 0.4) is 0 Å². The molecule has 1 aliphatic rings. The summed E-state index contributed by atoms with van der Waals surface area (Å²) < 4.78 is 34.0. The lowest BCUT2D eigenvalue weighted by atomic mass is 10.1. The Labute approximate surface area is 201 Å². The smallest absolute Gasteiger partial charge is 0.330 e. The molecule has 2 aromatic rings. The summed E-state index contributed by atoms with van der Waals surface area (Å²) in [6.07, 6.45) is 7.66. The van der Waals surface area contributed by atoms with Crippen molar-refractivity contribution in [1.82, 2.24) is 4.31 Å². The monoisotopic (exact) mass is 488 g/mol. The van der Waals surface area contributed by atoms with Gasteiger partial charge in [-0.2, -0.15) is 4.31 Å². The summed E-state index contributed by atoms with van der Waals surface area (Å²) in [4.78, 5) is 15.1. The van der Waals surface area contributed by atoms with Gasteiger partial charge in [-0.15, -0.1) is 11.8 Å². The minimum Gasteiger partial charge on any atom is -0.463 e. The molecule has 0 bridgehead atoms. The first-order valence-corrected chi connectivity index (χ1v) is 13.9. The van der Waals surface area contributed by atoms with Crippen molar-refractivity contribution in [3.63, 3.8) is 0 Å². The number of ether oxygens (including phenoxy) is 1. The average molecular weight is 489 g/mol. The summed E-state index contributed by atoms with van der Waals surface area (Å²) in [5.41, 5.74) is 2.28. The number of carbonyl (C=O) groups excluding carboxylic acids is 1. The van der Waals surface area contributed by atoms with Gasteiger partial charge in [0.15, 0.2) is 0 Å². The van der Waals surface area contributed by atoms with E-state index in [0.717, 1.165) is 29.8 Å². The van der Waals surface area contributed by atoms with Crippen LogP contribution in [0, 0.1) is 0 Å². The number of rotatable bonds is 8. The fraction of sp³-hybridized carbons (Fsp3) is 0.400. The maximum Gasteiger partial charge on any atom is 0.330 e.